The molecule has 0 rings (SSSR count). The number of alkyl halides is 1. The van der Waals surface area contributed by atoms with E-state index in [0.717, 1.165) is 11.5 Å². The lowest BCUT2D eigenvalue weighted by atomic mass is 10.1. The number of thioether (sulfide) groups is 1. The van der Waals surface area contributed by atoms with Gasteiger partial charge in [0, 0.05) is 22.9 Å². The van der Waals surface area contributed by atoms with Crippen LogP contribution in [0.1, 0.15) is 13.8 Å². The Hall–Kier alpha value is -0.0900. The summed E-state index contributed by atoms with van der Waals surface area (Å²) in [4.78, 5) is 10.3. The predicted molar refractivity (Wildman–Crippen MR) is 53.3 cm³/mol. The molecule has 0 aliphatic carbocycles. The monoisotopic (exact) mass is 211 g/mol. The highest BCUT2D eigenvalue weighted by atomic mass is 35.5. The summed E-state index contributed by atoms with van der Waals surface area (Å²) in [7, 11) is 0. The normalized spacial score (nSPS) is 11.2. The summed E-state index contributed by atoms with van der Waals surface area (Å²) in [5.41, 5.74) is -0.372. The van der Waals surface area contributed by atoms with Crippen LogP contribution in [-0.4, -0.2) is 34.1 Å². The van der Waals surface area contributed by atoms with E-state index in [4.69, 9.17) is 16.7 Å². The smallest absolute Gasteiger partial charge is 0.405 e. The van der Waals surface area contributed by atoms with Crippen molar-refractivity contribution in [3.8, 4) is 0 Å². The maximum absolute atomic E-state index is 10.3. The number of amides is 1. The Morgan fingerprint density at radius 1 is 1.67 bits per heavy atom. The fourth-order valence-electron chi connectivity index (χ4n) is 0.707. The Labute approximate surface area is 81.9 Å². The fraction of sp³-hybridized carbons (Fsp3) is 0.857. The fourth-order valence-corrected chi connectivity index (χ4v) is 1.87. The second-order valence-electron chi connectivity index (χ2n) is 3.06. The van der Waals surface area contributed by atoms with E-state index >= 15 is 0 Å². The van der Waals surface area contributed by atoms with Crippen LogP contribution in [-0.2, 0) is 0 Å². The quantitative estimate of drug-likeness (QED) is 0.540. The van der Waals surface area contributed by atoms with Crippen LogP contribution >= 0.6 is 23.4 Å². The molecule has 0 aromatic carbocycles. The van der Waals surface area contributed by atoms with Crippen molar-refractivity contribution in [3.05, 3.63) is 0 Å². The summed E-state index contributed by atoms with van der Waals surface area (Å²) in [5, 5.41) is 10.9. The molecule has 0 saturated carbocycles. The van der Waals surface area contributed by atoms with E-state index in [0.29, 0.717) is 5.88 Å². The van der Waals surface area contributed by atoms with Crippen LogP contribution in [0, 0.1) is 0 Å². The molecular formula is C7H14ClNO2S. The van der Waals surface area contributed by atoms with Gasteiger partial charge in [-0.1, -0.05) is 0 Å². The number of carboxylic acid groups (broad SMARTS) is 1. The third-order valence-corrected chi connectivity index (χ3v) is 2.96. The van der Waals surface area contributed by atoms with Crippen molar-refractivity contribution in [3.63, 3.8) is 0 Å². The molecule has 72 valence electrons. The van der Waals surface area contributed by atoms with Gasteiger partial charge in [0.25, 0.3) is 0 Å². The van der Waals surface area contributed by atoms with Crippen molar-refractivity contribution < 1.29 is 9.90 Å². The van der Waals surface area contributed by atoms with E-state index in [-0.39, 0.29) is 5.54 Å². The zero-order chi connectivity index (χ0) is 9.61. The molecule has 0 spiro atoms. The number of rotatable bonds is 5. The van der Waals surface area contributed by atoms with Gasteiger partial charge in [0.2, 0.25) is 0 Å². The first-order valence-corrected chi connectivity index (χ1v) is 5.32. The zero-order valence-electron chi connectivity index (χ0n) is 7.26. The van der Waals surface area contributed by atoms with Gasteiger partial charge in [0.15, 0.2) is 0 Å². The molecular weight excluding hydrogens is 198 g/mol. The Morgan fingerprint density at radius 3 is 2.67 bits per heavy atom. The van der Waals surface area contributed by atoms with Crippen molar-refractivity contribution >= 4 is 29.5 Å². The lowest BCUT2D eigenvalue weighted by Crippen LogP contribution is -2.44. The molecule has 5 heteroatoms. The summed E-state index contributed by atoms with van der Waals surface area (Å²) in [5.74, 6) is 2.20. The number of halogens is 1. The molecule has 0 unspecified atom stereocenters. The number of hydrogen-bond donors (Lipinski definition) is 2. The average Bonchev–Trinajstić information content (AvgIpc) is 1.84. The van der Waals surface area contributed by atoms with Gasteiger partial charge in [-0.15, -0.1) is 11.6 Å². The lowest BCUT2D eigenvalue weighted by Gasteiger charge is -2.23. The van der Waals surface area contributed by atoms with E-state index < -0.39 is 6.09 Å². The molecule has 0 aromatic rings. The zero-order valence-corrected chi connectivity index (χ0v) is 8.84. The first kappa shape index (κ1) is 11.9. The van der Waals surface area contributed by atoms with Crippen molar-refractivity contribution in [2.24, 2.45) is 0 Å². The lowest BCUT2D eigenvalue weighted by molar-refractivity contribution is 0.185. The van der Waals surface area contributed by atoms with Crippen LogP contribution in [0.2, 0.25) is 0 Å². The molecule has 0 heterocycles. The molecule has 1 amide bonds. The van der Waals surface area contributed by atoms with E-state index in [9.17, 15) is 4.79 Å². The molecule has 0 aromatic heterocycles. The summed E-state index contributed by atoms with van der Waals surface area (Å²) in [6.07, 6.45) is -0.980. The number of hydrogen-bond acceptors (Lipinski definition) is 2. The summed E-state index contributed by atoms with van der Waals surface area (Å²) in [6.45, 7) is 3.70. The Bertz CT molecular complexity index is 152. The third-order valence-electron chi connectivity index (χ3n) is 1.13. The second-order valence-corrected chi connectivity index (χ2v) is 4.54. The molecule has 3 nitrogen and oxygen atoms in total. The van der Waals surface area contributed by atoms with E-state index in [1.165, 1.54) is 0 Å². The minimum atomic E-state index is -0.980. The van der Waals surface area contributed by atoms with Gasteiger partial charge in [-0.25, -0.2) is 4.79 Å². The summed E-state index contributed by atoms with van der Waals surface area (Å²) >= 11 is 7.12. The third kappa shape index (κ3) is 6.61. The first-order valence-electron chi connectivity index (χ1n) is 3.63. The summed E-state index contributed by atoms with van der Waals surface area (Å²) in [6, 6.07) is 0. The molecule has 0 saturated heterocycles. The Morgan fingerprint density at radius 2 is 2.25 bits per heavy atom. The number of carbonyl (C=O) groups is 1. The summed E-state index contributed by atoms with van der Waals surface area (Å²) < 4.78 is 0. The van der Waals surface area contributed by atoms with E-state index in [1.54, 1.807) is 11.8 Å². The topological polar surface area (TPSA) is 49.3 Å². The molecule has 12 heavy (non-hydrogen) atoms. The molecule has 0 atom stereocenters. The predicted octanol–water partition coefficient (Wildman–Crippen LogP) is 2.00. The maximum Gasteiger partial charge on any atom is 0.405 e. The van der Waals surface area contributed by atoms with Crippen molar-refractivity contribution in [2.45, 2.75) is 19.4 Å². The highest BCUT2D eigenvalue weighted by Crippen LogP contribution is 2.12. The van der Waals surface area contributed by atoms with Gasteiger partial charge in [-0.05, 0) is 13.8 Å². The molecule has 0 aliphatic rings. The second kappa shape index (κ2) is 5.54. The van der Waals surface area contributed by atoms with Crippen LogP contribution in [0.15, 0.2) is 0 Å². The molecule has 2 N–H and O–H groups in total. The average molecular weight is 212 g/mol. The Kier molecular flexibility index (Phi) is 5.50. The standard InChI is InChI=1S/C7H14ClNO2S/c1-7(2,9-6(10)11)5-12-4-3-8/h9H,3-5H2,1-2H3,(H,10,11). The van der Waals surface area contributed by atoms with Crippen molar-refractivity contribution in [1.29, 1.82) is 0 Å². The van der Waals surface area contributed by atoms with E-state index in [1.807, 2.05) is 13.8 Å². The van der Waals surface area contributed by atoms with Crippen LogP contribution in [0.3, 0.4) is 0 Å². The number of nitrogens with one attached hydrogen (secondary N) is 1. The SMILES string of the molecule is CC(C)(CSCCCl)NC(=O)O. The van der Waals surface area contributed by atoms with Gasteiger partial charge in [0.05, 0.1) is 0 Å². The Balaban J connectivity index is 3.63. The molecule has 0 bridgehead atoms. The largest absolute Gasteiger partial charge is 0.465 e. The van der Waals surface area contributed by atoms with Gasteiger partial charge in [0.1, 0.15) is 0 Å². The minimum Gasteiger partial charge on any atom is -0.465 e. The molecule has 0 aliphatic heterocycles. The van der Waals surface area contributed by atoms with E-state index in [2.05, 4.69) is 5.32 Å². The highest BCUT2D eigenvalue weighted by molar-refractivity contribution is 7.99. The van der Waals surface area contributed by atoms with Gasteiger partial charge < -0.3 is 10.4 Å². The van der Waals surface area contributed by atoms with Crippen LogP contribution in [0.25, 0.3) is 0 Å². The first-order chi connectivity index (χ1) is 5.48. The van der Waals surface area contributed by atoms with Crippen LogP contribution in [0.4, 0.5) is 4.79 Å². The van der Waals surface area contributed by atoms with Crippen LogP contribution in [0.5, 0.6) is 0 Å². The highest BCUT2D eigenvalue weighted by Gasteiger charge is 2.19. The minimum absolute atomic E-state index is 0.372. The molecule has 0 radical (unpaired) electrons. The van der Waals surface area contributed by atoms with Crippen LogP contribution < -0.4 is 5.32 Å². The molecule has 0 fully saturated rings. The van der Waals surface area contributed by atoms with Gasteiger partial charge in [-0.2, -0.15) is 11.8 Å². The van der Waals surface area contributed by atoms with Crippen molar-refractivity contribution in [2.75, 3.05) is 17.4 Å². The van der Waals surface area contributed by atoms with Gasteiger partial charge in [-0.3, -0.25) is 0 Å². The van der Waals surface area contributed by atoms with Gasteiger partial charge >= 0.3 is 6.09 Å². The van der Waals surface area contributed by atoms with Crippen molar-refractivity contribution in [1.82, 2.24) is 5.32 Å². The maximum atomic E-state index is 10.3.